The van der Waals surface area contributed by atoms with Crippen molar-refractivity contribution in [3.63, 3.8) is 0 Å². The molecule has 0 saturated heterocycles. The first-order valence-electron chi connectivity index (χ1n) is 9.05. The Morgan fingerprint density at radius 2 is 1.81 bits per heavy atom. The largest absolute Gasteiger partial charge is 0.379 e. The second-order valence-corrected chi connectivity index (χ2v) is 7.58. The minimum atomic E-state index is -0.251. The number of carbonyl (C=O) groups is 2. The monoisotopic (exact) mass is 384 g/mol. The third kappa shape index (κ3) is 4.12. The van der Waals surface area contributed by atoms with Crippen molar-refractivity contribution in [1.82, 2.24) is 4.90 Å². The number of rotatable bonds is 8. The van der Waals surface area contributed by atoms with E-state index in [-0.39, 0.29) is 17.9 Å². The summed E-state index contributed by atoms with van der Waals surface area (Å²) < 4.78 is 5.54. The van der Waals surface area contributed by atoms with Gasteiger partial charge in [0.25, 0.3) is 11.8 Å². The molecule has 2 heterocycles. The zero-order valence-electron chi connectivity index (χ0n) is 15.8. The molecule has 1 aromatic heterocycles. The van der Waals surface area contributed by atoms with E-state index in [4.69, 9.17) is 4.74 Å². The van der Waals surface area contributed by atoms with Gasteiger partial charge in [-0.3, -0.25) is 14.5 Å². The summed E-state index contributed by atoms with van der Waals surface area (Å²) in [5.74, 6) is -0.482. The number of thiophene rings is 1. The summed E-state index contributed by atoms with van der Waals surface area (Å²) in [6.07, 6.45) is 0.755. The predicted octanol–water partition coefficient (Wildman–Crippen LogP) is 3.78. The molecule has 1 aliphatic heterocycles. The molecule has 0 saturated carbocycles. The minimum Gasteiger partial charge on any atom is -0.379 e. The molecule has 2 aromatic rings. The van der Waals surface area contributed by atoms with Gasteiger partial charge in [0.15, 0.2) is 0 Å². The van der Waals surface area contributed by atoms with Crippen LogP contribution in [0.2, 0.25) is 0 Å². The van der Waals surface area contributed by atoms with Gasteiger partial charge in [0.1, 0.15) is 5.70 Å². The van der Waals surface area contributed by atoms with E-state index in [9.17, 15) is 9.59 Å². The Morgan fingerprint density at radius 1 is 1.07 bits per heavy atom. The molecule has 5 nitrogen and oxygen atoms in total. The van der Waals surface area contributed by atoms with E-state index >= 15 is 0 Å². The van der Waals surface area contributed by atoms with Crippen LogP contribution in [-0.2, 0) is 14.3 Å². The fourth-order valence-electron chi connectivity index (χ4n) is 3.04. The number of carbonyl (C=O) groups excluding carboxylic acids is 2. The van der Waals surface area contributed by atoms with Crippen molar-refractivity contribution < 1.29 is 14.3 Å². The normalized spacial score (nSPS) is 14.6. The molecule has 1 aliphatic rings. The van der Waals surface area contributed by atoms with Crippen LogP contribution in [0.3, 0.4) is 0 Å². The number of hydrogen-bond donors (Lipinski definition) is 0. The van der Waals surface area contributed by atoms with Gasteiger partial charge >= 0.3 is 0 Å². The summed E-state index contributed by atoms with van der Waals surface area (Å²) in [6.45, 7) is 4.81. The molecular weight excluding hydrogens is 360 g/mol. The van der Waals surface area contributed by atoms with Gasteiger partial charge in [-0.05, 0) is 43.8 Å². The highest BCUT2D eigenvalue weighted by Crippen LogP contribution is 2.35. The van der Waals surface area contributed by atoms with Gasteiger partial charge in [-0.2, -0.15) is 0 Å². The van der Waals surface area contributed by atoms with E-state index in [0.29, 0.717) is 30.8 Å². The molecule has 0 aliphatic carbocycles. The number of benzene rings is 1. The van der Waals surface area contributed by atoms with Crippen LogP contribution < -0.4 is 4.90 Å². The number of amides is 2. The van der Waals surface area contributed by atoms with Crippen molar-refractivity contribution >= 4 is 34.4 Å². The first-order chi connectivity index (χ1) is 13.0. The molecule has 0 spiro atoms. The lowest BCUT2D eigenvalue weighted by atomic mass is 10.1. The minimum absolute atomic E-state index is 0.134. The van der Waals surface area contributed by atoms with Crippen LogP contribution in [-0.4, -0.2) is 43.0 Å². The number of nitrogens with zero attached hydrogens (tertiary/aromatic N) is 2. The van der Waals surface area contributed by atoms with Crippen LogP contribution in [0.4, 0.5) is 5.69 Å². The molecule has 2 amide bonds. The van der Waals surface area contributed by atoms with E-state index in [1.165, 1.54) is 16.2 Å². The van der Waals surface area contributed by atoms with E-state index in [1.807, 2.05) is 68.7 Å². The summed E-state index contributed by atoms with van der Waals surface area (Å²) in [4.78, 5) is 30.2. The molecule has 27 heavy (non-hydrogen) atoms. The maximum Gasteiger partial charge on any atom is 0.278 e. The van der Waals surface area contributed by atoms with Gasteiger partial charge in [-0.15, -0.1) is 11.3 Å². The van der Waals surface area contributed by atoms with E-state index < -0.39 is 0 Å². The number of hydrogen-bond acceptors (Lipinski definition) is 5. The summed E-state index contributed by atoms with van der Waals surface area (Å²) in [5, 5.41) is 1.92. The number of imide groups is 1. The van der Waals surface area contributed by atoms with E-state index in [0.717, 1.165) is 10.6 Å². The standard InChI is InChI=1S/C21H24N2O3S/c1-15(2)26-13-8-12-23-20(24)18(17-11-7-14-27-17)19(21(23)25)22(3)16-9-5-4-6-10-16/h4-7,9-11,14-15H,8,12-13H2,1-3H3. The maximum atomic E-state index is 13.1. The lowest BCUT2D eigenvalue weighted by Gasteiger charge is -2.21. The molecule has 0 bridgehead atoms. The molecule has 3 rings (SSSR count). The molecule has 0 atom stereocenters. The highest BCUT2D eigenvalue weighted by Gasteiger charge is 2.41. The number of likely N-dealkylation sites (N-methyl/N-ethyl adjacent to an activating group) is 1. The van der Waals surface area contributed by atoms with Crippen molar-refractivity contribution in [2.45, 2.75) is 26.4 Å². The Morgan fingerprint density at radius 3 is 2.44 bits per heavy atom. The van der Waals surface area contributed by atoms with Crippen LogP contribution in [0.5, 0.6) is 0 Å². The first kappa shape index (κ1) is 19.3. The molecule has 0 N–H and O–H groups in total. The number of anilines is 1. The predicted molar refractivity (Wildman–Crippen MR) is 109 cm³/mol. The average Bonchev–Trinajstić information content (AvgIpc) is 3.26. The Balaban J connectivity index is 1.89. The quantitative estimate of drug-likeness (QED) is 0.513. The van der Waals surface area contributed by atoms with Crippen LogP contribution in [0.15, 0.2) is 53.5 Å². The summed E-state index contributed by atoms with van der Waals surface area (Å²) >= 11 is 1.47. The van der Waals surface area contributed by atoms with Crippen molar-refractivity contribution in [3.05, 3.63) is 58.4 Å². The maximum absolute atomic E-state index is 13.1. The second-order valence-electron chi connectivity index (χ2n) is 6.63. The number of para-hydroxylation sites is 1. The summed E-state index contributed by atoms with van der Waals surface area (Å²) in [6, 6.07) is 13.4. The van der Waals surface area contributed by atoms with Gasteiger partial charge in [0.2, 0.25) is 0 Å². The molecule has 0 radical (unpaired) electrons. The Kier molecular flexibility index (Phi) is 6.08. The molecule has 142 valence electrons. The highest BCUT2D eigenvalue weighted by atomic mass is 32.1. The van der Waals surface area contributed by atoms with Gasteiger partial charge in [-0.1, -0.05) is 24.3 Å². The average molecular weight is 385 g/mol. The highest BCUT2D eigenvalue weighted by molar-refractivity contribution is 7.11. The van der Waals surface area contributed by atoms with Gasteiger partial charge < -0.3 is 9.64 Å². The first-order valence-corrected chi connectivity index (χ1v) is 9.93. The molecule has 1 aromatic carbocycles. The van der Waals surface area contributed by atoms with Crippen molar-refractivity contribution in [2.75, 3.05) is 25.1 Å². The fraction of sp³-hybridized carbons (Fsp3) is 0.333. The Labute approximate surface area is 163 Å². The topological polar surface area (TPSA) is 49.9 Å². The molecule has 0 unspecified atom stereocenters. The van der Waals surface area contributed by atoms with Gasteiger partial charge in [-0.25, -0.2) is 0 Å². The van der Waals surface area contributed by atoms with E-state index in [2.05, 4.69) is 0 Å². The van der Waals surface area contributed by atoms with Crippen molar-refractivity contribution in [1.29, 1.82) is 0 Å². The van der Waals surface area contributed by atoms with Crippen LogP contribution in [0, 0.1) is 0 Å². The lowest BCUT2D eigenvalue weighted by molar-refractivity contribution is -0.137. The van der Waals surface area contributed by atoms with Gasteiger partial charge in [0, 0.05) is 30.8 Å². The van der Waals surface area contributed by atoms with Gasteiger partial charge in [0.05, 0.1) is 11.7 Å². The smallest absolute Gasteiger partial charge is 0.278 e. The molecular formula is C21H24N2O3S. The van der Waals surface area contributed by atoms with Crippen LogP contribution in [0.1, 0.15) is 25.1 Å². The summed E-state index contributed by atoms with van der Waals surface area (Å²) in [7, 11) is 1.83. The van der Waals surface area contributed by atoms with Crippen LogP contribution in [0.25, 0.3) is 5.57 Å². The Hall–Kier alpha value is -2.44. The lowest BCUT2D eigenvalue weighted by Crippen LogP contribution is -2.35. The van der Waals surface area contributed by atoms with Crippen molar-refractivity contribution in [3.8, 4) is 0 Å². The SMILES string of the molecule is CC(C)OCCCN1C(=O)C(c2cccs2)=C(N(C)c2ccccc2)C1=O. The van der Waals surface area contributed by atoms with E-state index in [1.54, 1.807) is 4.90 Å². The zero-order valence-corrected chi connectivity index (χ0v) is 16.7. The fourth-order valence-corrected chi connectivity index (χ4v) is 3.81. The molecule has 0 fully saturated rings. The zero-order chi connectivity index (χ0) is 19.4. The Bertz CT molecular complexity index is 828. The summed E-state index contributed by atoms with van der Waals surface area (Å²) in [5.41, 5.74) is 1.78. The molecule has 6 heteroatoms. The number of ether oxygens (including phenoxy) is 1. The van der Waals surface area contributed by atoms with Crippen LogP contribution >= 0.6 is 11.3 Å². The van der Waals surface area contributed by atoms with Crippen molar-refractivity contribution in [2.24, 2.45) is 0 Å². The third-order valence-corrected chi connectivity index (χ3v) is 5.25. The third-order valence-electron chi connectivity index (χ3n) is 4.37. The second kappa shape index (κ2) is 8.50.